The summed E-state index contributed by atoms with van der Waals surface area (Å²) in [6.07, 6.45) is 3.23. The molecule has 122 valence electrons. The van der Waals surface area contributed by atoms with Crippen molar-refractivity contribution >= 4 is 22.5 Å². The Morgan fingerprint density at radius 3 is 3.00 bits per heavy atom. The standard InChI is InChI=1S/C13H13N9O2/c1-7(5-20-8(2)3-10(18-20)22(23)24)11-16-13-9-4-15-17-12(9)14-6-21(13)19-11/h3-4,6-7H,5H2,1-2H3,(H,15,17)/t7-/m0/s1. The second kappa shape index (κ2) is 5.08. The zero-order valence-electron chi connectivity index (χ0n) is 12.9. The second-order valence-electron chi connectivity index (χ2n) is 5.60. The lowest BCUT2D eigenvalue weighted by molar-refractivity contribution is -0.389. The minimum Gasteiger partial charge on any atom is -0.358 e. The molecule has 11 heteroatoms. The Hall–Kier alpha value is -3.37. The van der Waals surface area contributed by atoms with Crippen molar-refractivity contribution in [3.8, 4) is 0 Å². The van der Waals surface area contributed by atoms with Gasteiger partial charge >= 0.3 is 5.82 Å². The van der Waals surface area contributed by atoms with E-state index in [1.165, 1.54) is 6.07 Å². The third-order valence-corrected chi connectivity index (χ3v) is 3.85. The molecule has 4 aromatic rings. The molecule has 11 nitrogen and oxygen atoms in total. The van der Waals surface area contributed by atoms with Crippen LogP contribution in [0.3, 0.4) is 0 Å². The highest BCUT2D eigenvalue weighted by Crippen LogP contribution is 2.20. The van der Waals surface area contributed by atoms with Crippen LogP contribution in [-0.4, -0.2) is 44.5 Å². The summed E-state index contributed by atoms with van der Waals surface area (Å²) in [6.45, 7) is 4.17. The number of aryl methyl sites for hydroxylation is 1. The van der Waals surface area contributed by atoms with Gasteiger partial charge in [-0.15, -0.1) is 5.10 Å². The summed E-state index contributed by atoms with van der Waals surface area (Å²) in [4.78, 5) is 19.1. The summed E-state index contributed by atoms with van der Waals surface area (Å²) in [7, 11) is 0. The molecule has 4 aromatic heterocycles. The number of hydrogen-bond donors (Lipinski definition) is 1. The van der Waals surface area contributed by atoms with Crippen LogP contribution in [0.4, 0.5) is 5.82 Å². The lowest BCUT2D eigenvalue weighted by atomic mass is 10.1. The quantitative estimate of drug-likeness (QED) is 0.440. The monoisotopic (exact) mass is 327 g/mol. The molecule has 0 aliphatic heterocycles. The summed E-state index contributed by atoms with van der Waals surface area (Å²) < 4.78 is 3.20. The highest BCUT2D eigenvalue weighted by molar-refractivity contribution is 5.87. The van der Waals surface area contributed by atoms with Crippen LogP contribution in [0, 0.1) is 17.0 Å². The maximum atomic E-state index is 10.8. The van der Waals surface area contributed by atoms with Gasteiger partial charge in [0.2, 0.25) is 0 Å². The molecule has 4 rings (SSSR count). The van der Waals surface area contributed by atoms with Crippen molar-refractivity contribution in [3.05, 3.63) is 40.2 Å². The van der Waals surface area contributed by atoms with E-state index in [2.05, 4.69) is 30.4 Å². The number of nitrogens with zero attached hydrogens (tertiary/aromatic N) is 8. The number of hydrogen-bond acceptors (Lipinski definition) is 7. The number of fused-ring (bicyclic) bond motifs is 3. The zero-order chi connectivity index (χ0) is 16.8. The fourth-order valence-electron chi connectivity index (χ4n) is 2.57. The number of H-pyrrole nitrogens is 1. The van der Waals surface area contributed by atoms with Gasteiger partial charge in [-0.25, -0.2) is 14.5 Å². The molecule has 0 aromatic carbocycles. The summed E-state index contributed by atoms with van der Waals surface area (Å²) in [6, 6.07) is 1.45. The molecule has 0 fully saturated rings. The van der Waals surface area contributed by atoms with Crippen LogP contribution >= 0.6 is 0 Å². The predicted molar refractivity (Wildman–Crippen MR) is 82.5 cm³/mol. The summed E-state index contributed by atoms with van der Waals surface area (Å²) in [5.74, 6) is 0.375. The van der Waals surface area contributed by atoms with Gasteiger partial charge in [-0.2, -0.15) is 9.78 Å². The minimum atomic E-state index is -0.501. The van der Waals surface area contributed by atoms with Gasteiger partial charge in [-0.3, -0.25) is 5.10 Å². The topological polar surface area (TPSA) is 133 Å². The molecule has 1 atom stereocenters. The van der Waals surface area contributed by atoms with E-state index in [1.807, 2.05) is 6.92 Å². The van der Waals surface area contributed by atoms with Gasteiger partial charge in [0.25, 0.3) is 0 Å². The fraction of sp³-hybridized carbons (Fsp3) is 0.308. The van der Waals surface area contributed by atoms with Gasteiger partial charge in [0.05, 0.1) is 35.0 Å². The van der Waals surface area contributed by atoms with Gasteiger partial charge < -0.3 is 10.1 Å². The van der Waals surface area contributed by atoms with E-state index >= 15 is 0 Å². The average molecular weight is 327 g/mol. The number of nitrogens with one attached hydrogen (secondary N) is 1. The zero-order valence-corrected chi connectivity index (χ0v) is 12.9. The van der Waals surface area contributed by atoms with Crippen LogP contribution in [0.5, 0.6) is 0 Å². The number of aromatic nitrogens is 8. The second-order valence-corrected chi connectivity index (χ2v) is 5.60. The first-order chi connectivity index (χ1) is 11.5. The maximum absolute atomic E-state index is 10.8. The molecule has 0 bridgehead atoms. The Balaban J connectivity index is 1.68. The van der Waals surface area contributed by atoms with E-state index < -0.39 is 4.92 Å². The van der Waals surface area contributed by atoms with Gasteiger partial charge in [0.1, 0.15) is 6.33 Å². The van der Waals surface area contributed by atoms with Crippen molar-refractivity contribution in [1.29, 1.82) is 0 Å². The molecule has 0 amide bonds. The maximum Gasteiger partial charge on any atom is 0.390 e. The van der Waals surface area contributed by atoms with E-state index in [0.717, 1.165) is 11.1 Å². The normalized spacial score (nSPS) is 12.9. The molecule has 1 N–H and O–H groups in total. The predicted octanol–water partition coefficient (Wildman–Crippen LogP) is 1.22. The third-order valence-electron chi connectivity index (χ3n) is 3.85. The Labute approximate surface area is 134 Å². The molecule has 0 unspecified atom stereocenters. The van der Waals surface area contributed by atoms with Crippen LogP contribution in [0.1, 0.15) is 24.4 Å². The smallest absolute Gasteiger partial charge is 0.358 e. The van der Waals surface area contributed by atoms with Crippen molar-refractivity contribution in [2.75, 3.05) is 0 Å². The van der Waals surface area contributed by atoms with E-state index in [1.54, 1.807) is 28.6 Å². The van der Waals surface area contributed by atoms with E-state index in [9.17, 15) is 10.1 Å². The van der Waals surface area contributed by atoms with Gasteiger partial charge in [-0.05, 0) is 11.8 Å². The van der Waals surface area contributed by atoms with E-state index in [-0.39, 0.29) is 11.7 Å². The SMILES string of the molecule is Cc1cc([N+](=O)[O-])nn1C[C@H](C)c1nc2c3cn[nH]c3ncn2n1. The number of aromatic amines is 1. The molecule has 24 heavy (non-hydrogen) atoms. The summed E-state index contributed by atoms with van der Waals surface area (Å²) in [5, 5.41) is 26.8. The first-order valence-corrected chi connectivity index (χ1v) is 7.26. The van der Waals surface area contributed by atoms with Crippen LogP contribution < -0.4 is 0 Å². The van der Waals surface area contributed by atoms with E-state index in [0.29, 0.717) is 23.7 Å². The van der Waals surface area contributed by atoms with Crippen LogP contribution in [0.15, 0.2) is 18.6 Å². The van der Waals surface area contributed by atoms with Crippen molar-refractivity contribution in [1.82, 2.24) is 39.6 Å². The Bertz CT molecular complexity index is 1060. The van der Waals surface area contributed by atoms with Crippen LogP contribution in [-0.2, 0) is 6.54 Å². The molecular weight excluding hydrogens is 314 g/mol. The van der Waals surface area contributed by atoms with Gasteiger partial charge in [0, 0.05) is 5.92 Å². The highest BCUT2D eigenvalue weighted by atomic mass is 16.6. The molecule has 0 radical (unpaired) electrons. The largest absolute Gasteiger partial charge is 0.390 e. The van der Waals surface area contributed by atoms with E-state index in [4.69, 9.17) is 0 Å². The number of rotatable bonds is 4. The fourth-order valence-corrected chi connectivity index (χ4v) is 2.57. The summed E-state index contributed by atoms with van der Waals surface area (Å²) >= 11 is 0. The third kappa shape index (κ3) is 2.17. The lowest BCUT2D eigenvalue weighted by Gasteiger charge is -2.05. The molecule has 0 spiro atoms. The van der Waals surface area contributed by atoms with Crippen molar-refractivity contribution in [2.45, 2.75) is 26.3 Å². The average Bonchev–Trinajstić information content (AvgIpc) is 3.24. The minimum absolute atomic E-state index is 0.0787. The number of nitro groups is 1. The van der Waals surface area contributed by atoms with Crippen LogP contribution in [0.2, 0.25) is 0 Å². The van der Waals surface area contributed by atoms with Gasteiger partial charge in [-0.1, -0.05) is 6.92 Å². The summed E-state index contributed by atoms with van der Waals surface area (Å²) in [5.41, 5.74) is 2.03. The van der Waals surface area contributed by atoms with Crippen LogP contribution in [0.25, 0.3) is 16.7 Å². The van der Waals surface area contributed by atoms with Crippen molar-refractivity contribution in [3.63, 3.8) is 0 Å². The first kappa shape index (κ1) is 14.2. The van der Waals surface area contributed by atoms with Crippen molar-refractivity contribution in [2.24, 2.45) is 0 Å². The highest BCUT2D eigenvalue weighted by Gasteiger charge is 2.20. The molecular formula is C13H13N9O2. The lowest BCUT2D eigenvalue weighted by Crippen LogP contribution is -2.11. The Morgan fingerprint density at radius 2 is 2.25 bits per heavy atom. The molecule has 0 aliphatic rings. The molecule has 0 saturated heterocycles. The van der Waals surface area contributed by atoms with Crippen molar-refractivity contribution < 1.29 is 4.92 Å². The van der Waals surface area contributed by atoms with Gasteiger partial charge in [0.15, 0.2) is 17.1 Å². The Kier molecular flexibility index (Phi) is 3.01. The Morgan fingerprint density at radius 1 is 1.42 bits per heavy atom. The first-order valence-electron chi connectivity index (χ1n) is 7.26. The molecule has 0 saturated carbocycles. The molecule has 0 aliphatic carbocycles. The molecule has 4 heterocycles.